The molecule has 122 valence electrons. The maximum atomic E-state index is 12.0. The Balaban J connectivity index is 1.79. The highest BCUT2D eigenvalue weighted by Gasteiger charge is 2.31. The molecule has 2 atom stereocenters. The van der Waals surface area contributed by atoms with Gasteiger partial charge in [0.25, 0.3) is 0 Å². The van der Waals surface area contributed by atoms with Crippen LogP contribution in [-0.4, -0.2) is 43.1 Å². The van der Waals surface area contributed by atoms with Crippen molar-refractivity contribution in [1.29, 1.82) is 0 Å². The first-order chi connectivity index (χ1) is 10.3. The standard InChI is InChI=1S/C14H17F3N2O3/c15-14(16,17)22-11-3-1-9(2-4-11)5-13(21)19-7-10-6-18-8-12(10)20/h1-4,10,12,18,20H,5-8H2,(H,19,21). The normalized spacial score (nSPS) is 21.6. The third kappa shape index (κ3) is 5.19. The largest absolute Gasteiger partial charge is 0.573 e. The molecule has 8 heteroatoms. The predicted molar refractivity (Wildman–Crippen MR) is 72.2 cm³/mol. The van der Waals surface area contributed by atoms with Crippen LogP contribution in [0.3, 0.4) is 0 Å². The molecule has 3 N–H and O–H groups in total. The number of aliphatic hydroxyl groups is 1. The second kappa shape index (κ2) is 6.97. The van der Waals surface area contributed by atoms with Gasteiger partial charge in [-0.1, -0.05) is 12.1 Å². The summed E-state index contributed by atoms with van der Waals surface area (Å²) < 4.78 is 39.8. The first-order valence-corrected chi connectivity index (χ1v) is 6.83. The summed E-state index contributed by atoms with van der Waals surface area (Å²) in [7, 11) is 0. The molecule has 2 unspecified atom stereocenters. The molecule has 0 aliphatic carbocycles. The molecule has 0 aromatic heterocycles. The number of alkyl halides is 3. The van der Waals surface area contributed by atoms with E-state index in [9.17, 15) is 23.1 Å². The van der Waals surface area contributed by atoms with Crippen LogP contribution in [0.2, 0.25) is 0 Å². The molecule has 1 aliphatic rings. The minimum atomic E-state index is -4.73. The van der Waals surface area contributed by atoms with Crippen molar-refractivity contribution in [2.24, 2.45) is 5.92 Å². The summed E-state index contributed by atoms with van der Waals surface area (Å²) in [5.74, 6) is -0.591. The van der Waals surface area contributed by atoms with E-state index in [1.165, 1.54) is 24.3 Å². The summed E-state index contributed by atoms with van der Waals surface area (Å²) >= 11 is 0. The van der Waals surface area contributed by atoms with Gasteiger partial charge in [-0.25, -0.2) is 0 Å². The first kappa shape index (κ1) is 16.6. The van der Waals surface area contributed by atoms with Gasteiger partial charge in [-0.15, -0.1) is 13.2 Å². The van der Waals surface area contributed by atoms with Gasteiger partial charge in [-0.05, 0) is 17.7 Å². The molecule has 22 heavy (non-hydrogen) atoms. The Hall–Kier alpha value is -1.80. The molecular formula is C14H17F3N2O3. The lowest BCUT2D eigenvalue weighted by Crippen LogP contribution is -2.35. The van der Waals surface area contributed by atoms with Gasteiger partial charge in [-0.2, -0.15) is 0 Å². The quantitative estimate of drug-likeness (QED) is 0.752. The zero-order chi connectivity index (χ0) is 16.2. The minimum absolute atomic E-state index is 0.0217. The van der Waals surface area contributed by atoms with Gasteiger partial charge >= 0.3 is 6.36 Å². The van der Waals surface area contributed by atoms with Gasteiger partial charge in [0.05, 0.1) is 12.5 Å². The highest BCUT2D eigenvalue weighted by molar-refractivity contribution is 5.78. The van der Waals surface area contributed by atoms with Crippen molar-refractivity contribution in [3.63, 3.8) is 0 Å². The van der Waals surface area contributed by atoms with Gasteiger partial charge in [-0.3, -0.25) is 4.79 Å². The van der Waals surface area contributed by atoms with E-state index >= 15 is 0 Å². The third-order valence-corrected chi connectivity index (χ3v) is 3.39. The lowest BCUT2D eigenvalue weighted by atomic mass is 10.1. The van der Waals surface area contributed by atoms with Gasteiger partial charge in [0.1, 0.15) is 5.75 Å². The SMILES string of the molecule is O=C(Cc1ccc(OC(F)(F)F)cc1)NCC1CNCC1O. The number of hydrogen-bond donors (Lipinski definition) is 3. The van der Waals surface area contributed by atoms with E-state index in [1.807, 2.05) is 0 Å². The Morgan fingerprint density at radius 1 is 1.32 bits per heavy atom. The van der Waals surface area contributed by atoms with E-state index in [1.54, 1.807) is 0 Å². The smallest absolute Gasteiger partial charge is 0.406 e. The number of rotatable bonds is 5. The molecule has 0 saturated carbocycles. The second-order valence-corrected chi connectivity index (χ2v) is 5.16. The van der Waals surface area contributed by atoms with Crippen LogP contribution in [0.4, 0.5) is 13.2 Å². The van der Waals surface area contributed by atoms with Gasteiger partial charge in [0, 0.05) is 25.6 Å². The number of halogens is 3. The monoisotopic (exact) mass is 318 g/mol. The molecule has 5 nitrogen and oxygen atoms in total. The van der Waals surface area contributed by atoms with E-state index < -0.39 is 12.5 Å². The molecule has 1 aliphatic heterocycles. The van der Waals surface area contributed by atoms with E-state index in [-0.39, 0.29) is 24.0 Å². The fourth-order valence-electron chi connectivity index (χ4n) is 2.23. The summed E-state index contributed by atoms with van der Waals surface area (Å²) in [6.07, 6.45) is -5.14. The topological polar surface area (TPSA) is 70.6 Å². The zero-order valence-corrected chi connectivity index (χ0v) is 11.7. The van der Waals surface area contributed by atoms with Crippen LogP contribution in [-0.2, 0) is 11.2 Å². The summed E-state index contributed by atoms with van der Waals surface area (Å²) in [6.45, 7) is 1.52. The Labute approximate surface area is 125 Å². The highest BCUT2D eigenvalue weighted by Crippen LogP contribution is 2.22. The first-order valence-electron chi connectivity index (χ1n) is 6.83. The van der Waals surface area contributed by atoms with Crippen LogP contribution in [0.5, 0.6) is 5.75 Å². The van der Waals surface area contributed by atoms with Crippen LogP contribution < -0.4 is 15.4 Å². The molecule has 1 amide bonds. The van der Waals surface area contributed by atoms with Crippen molar-refractivity contribution >= 4 is 5.91 Å². The molecule has 1 heterocycles. The molecule has 1 aromatic carbocycles. The van der Waals surface area contributed by atoms with E-state index in [2.05, 4.69) is 15.4 Å². The van der Waals surface area contributed by atoms with Crippen molar-refractivity contribution in [3.8, 4) is 5.75 Å². The number of benzene rings is 1. The summed E-state index contributed by atoms with van der Waals surface area (Å²) in [5.41, 5.74) is 0.581. The van der Waals surface area contributed by atoms with Crippen LogP contribution in [0.1, 0.15) is 5.56 Å². The lowest BCUT2D eigenvalue weighted by molar-refractivity contribution is -0.274. The van der Waals surface area contributed by atoms with E-state index in [0.717, 1.165) is 0 Å². The lowest BCUT2D eigenvalue weighted by Gasteiger charge is -2.14. The number of ether oxygens (including phenoxy) is 1. The predicted octanol–water partition coefficient (Wildman–Crippen LogP) is 0.824. The Morgan fingerprint density at radius 3 is 2.55 bits per heavy atom. The maximum absolute atomic E-state index is 12.0. The molecule has 0 radical (unpaired) electrons. The van der Waals surface area contributed by atoms with E-state index in [4.69, 9.17) is 0 Å². The number of carbonyl (C=O) groups excluding carboxylic acids is 1. The average Bonchev–Trinajstić information content (AvgIpc) is 2.83. The van der Waals surface area contributed by atoms with Crippen molar-refractivity contribution in [1.82, 2.24) is 10.6 Å². The third-order valence-electron chi connectivity index (χ3n) is 3.39. The molecule has 2 rings (SSSR count). The van der Waals surface area contributed by atoms with Crippen molar-refractivity contribution in [3.05, 3.63) is 29.8 Å². The number of carbonyl (C=O) groups is 1. The maximum Gasteiger partial charge on any atom is 0.573 e. The molecule has 1 aromatic rings. The fourth-order valence-corrected chi connectivity index (χ4v) is 2.23. The minimum Gasteiger partial charge on any atom is -0.406 e. The summed E-state index contributed by atoms with van der Waals surface area (Å²) in [4.78, 5) is 11.8. The van der Waals surface area contributed by atoms with Crippen LogP contribution >= 0.6 is 0 Å². The molecule has 1 fully saturated rings. The van der Waals surface area contributed by atoms with Crippen LogP contribution in [0, 0.1) is 5.92 Å². The number of nitrogens with one attached hydrogen (secondary N) is 2. The second-order valence-electron chi connectivity index (χ2n) is 5.16. The number of hydrogen-bond acceptors (Lipinski definition) is 4. The van der Waals surface area contributed by atoms with E-state index in [0.29, 0.717) is 25.2 Å². The van der Waals surface area contributed by atoms with Crippen molar-refractivity contribution in [2.75, 3.05) is 19.6 Å². The number of aliphatic hydroxyl groups excluding tert-OH is 1. The fraction of sp³-hybridized carbons (Fsp3) is 0.500. The van der Waals surface area contributed by atoms with Gasteiger partial charge < -0.3 is 20.5 Å². The van der Waals surface area contributed by atoms with Crippen LogP contribution in [0.15, 0.2) is 24.3 Å². The van der Waals surface area contributed by atoms with Crippen LogP contribution in [0.25, 0.3) is 0 Å². The molecular weight excluding hydrogens is 301 g/mol. The Morgan fingerprint density at radius 2 is 2.00 bits per heavy atom. The summed E-state index contributed by atoms with van der Waals surface area (Å²) in [6, 6.07) is 5.15. The molecule has 0 spiro atoms. The zero-order valence-electron chi connectivity index (χ0n) is 11.7. The Bertz CT molecular complexity index is 505. The highest BCUT2D eigenvalue weighted by atomic mass is 19.4. The molecule has 1 saturated heterocycles. The number of amides is 1. The van der Waals surface area contributed by atoms with Crippen molar-refractivity contribution in [2.45, 2.75) is 18.9 Å². The number of β-amino-alcohol motifs (C(OH)–C–C–N with tert-alkyl or cyclic N) is 1. The Kier molecular flexibility index (Phi) is 5.25. The van der Waals surface area contributed by atoms with Gasteiger partial charge in [0.15, 0.2) is 0 Å². The average molecular weight is 318 g/mol. The van der Waals surface area contributed by atoms with Gasteiger partial charge in [0.2, 0.25) is 5.91 Å². The van der Waals surface area contributed by atoms with Crippen molar-refractivity contribution < 1.29 is 27.8 Å². The summed E-state index contributed by atoms with van der Waals surface area (Å²) in [5, 5.41) is 15.3. The molecule has 0 bridgehead atoms.